The van der Waals surface area contributed by atoms with Gasteiger partial charge in [0.15, 0.2) is 5.78 Å². The average Bonchev–Trinajstić information content (AvgIpc) is 3.32. The summed E-state index contributed by atoms with van der Waals surface area (Å²) in [4.78, 5) is 14.1. The first-order chi connectivity index (χ1) is 18.7. The Morgan fingerprint density at radius 2 is 1.39 bits per heavy atom. The largest absolute Gasteiger partial charge is 0.488 e. The van der Waals surface area contributed by atoms with Crippen LogP contribution in [0.3, 0.4) is 0 Å². The molecule has 5 nitrogen and oxygen atoms in total. The molecule has 0 saturated carbocycles. The molecule has 0 radical (unpaired) electrons. The lowest BCUT2D eigenvalue weighted by Gasteiger charge is -2.22. The van der Waals surface area contributed by atoms with Gasteiger partial charge in [0.2, 0.25) is 0 Å². The van der Waals surface area contributed by atoms with Gasteiger partial charge in [0, 0.05) is 11.1 Å². The van der Waals surface area contributed by atoms with E-state index in [0.717, 1.165) is 27.8 Å². The van der Waals surface area contributed by atoms with Gasteiger partial charge in [-0.25, -0.2) is 0 Å². The Bertz CT molecular complexity index is 1630. The minimum atomic E-state index is -0.180. The fraction of sp³-hybridized carbons (Fsp3) is 0.161. The van der Waals surface area contributed by atoms with Crippen LogP contribution >= 0.6 is 23.4 Å². The molecule has 1 heterocycles. The van der Waals surface area contributed by atoms with Crippen LogP contribution in [-0.2, 0) is 19.8 Å². The van der Waals surface area contributed by atoms with Crippen molar-refractivity contribution in [3.63, 3.8) is 0 Å². The third kappa shape index (κ3) is 4.44. The van der Waals surface area contributed by atoms with Crippen LogP contribution in [0.5, 0.6) is 11.5 Å². The van der Waals surface area contributed by atoms with Crippen LogP contribution < -0.4 is 9.47 Å². The highest BCUT2D eigenvalue weighted by Gasteiger charge is 2.35. The van der Waals surface area contributed by atoms with E-state index >= 15 is 0 Å². The van der Waals surface area contributed by atoms with Gasteiger partial charge in [-0.3, -0.25) is 9.48 Å². The van der Waals surface area contributed by atoms with Crippen molar-refractivity contribution >= 4 is 40.0 Å². The number of aryl methyl sites for hydroxylation is 1. The Morgan fingerprint density at radius 1 is 0.789 bits per heavy atom. The number of fused-ring (bicyclic) bond motifs is 2. The fourth-order valence-electron chi connectivity index (χ4n) is 4.85. The highest BCUT2D eigenvalue weighted by Crippen LogP contribution is 2.48. The third-order valence-electron chi connectivity index (χ3n) is 6.67. The van der Waals surface area contributed by atoms with Crippen LogP contribution in [0.1, 0.15) is 27.0 Å². The van der Waals surface area contributed by atoms with E-state index in [1.165, 1.54) is 0 Å². The van der Waals surface area contributed by atoms with Crippen LogP contribution in [0, 0.1) is 0 Å². The van der Waals surface area contributed by atoms with E-state index in [1.807, 2.05) is 83.5 Å². The molecular formula is C31H25ClN2O3S. The number of rotatable bonds is 9. The number of benzene rings is 4. The highest BCUT2D eigenvalue weighted by atomic mass is 35.5. The summed E-state index contributed by atoms with van der Waals surface area (Å²) in [7, 11) is 0. The molecule has 0 N–H and O–H groups in total. The maximum Gasteiger partial charge on any atom is 0.199 e. The Hall–Kier alpha value is -3.74. The summed E-state index contributed by atoms with van der Waals surface area (Å²) in [6, 6.07) is 27.2. The second-order valence-corrected chi connectivity index (χ2v) is 10.5. The molecule has 0 unspecified atom stereocenters. The molecular weight excluding hydrogens is 516 g/mol. The topological polar surface area (TPSA) is 53.4 Å². The van der Waals surface area contributed by atoms with Gasteiger partial charge in [-0.2, -0.15) is 16.9 Å². The van der Waals surface area contributed by atoms with Crippen molar-refractivity contribution in [2.75, 3.05) is 12.0 Å². The van der Waals surface area contributed by atoms with Crippen molar-refractivity contribution in [1.82, 2.24) is 9.78 Å². The fourth-order valence-corrected chi connectivity index (χ4v) is 5.45. The van der Waals surface area contributed by atoms with E-state index < -0.39 is 0 Å². The minimum Gasteiger partial charge on any atom is -0.488 e. The predicted octanol–water partition coefficient (Wildman–Crippen LogP) is 7.42. The van der Waals surface area contributed by atoms with Crippen LogP contribution in [0.15, 0.2) is 84.9 Å². The summed E-state index contributed by atoms with van der Waals surface area (Å²) in [5.74, 6) is 1.79. The number of thioether (sulfide) groups is 1. The highest BCUT2D eigenvalue weighted by molar-refractivity contribution is 7.98. The lowest BCUT2D eigenvalue weighted by molar-refractivity contribution is 0.103. The Balaban J connectivity index is 1.51. The molecule has 5 aromatic rings. The van der Waals surface area contributed by atoms with Crippen LogP contribution in [-0.4, -0.2) is 27.6 Å². The van der Waals surface area contributed by atoms with Crippen molar-refractivity contribution in [1.29, 1.82) is 0 Å². The van der Waals surface area contributed by atoms with Gasteiger partial charge in [0.1, 0.15) is 30.4 Å². The summed E-state index contributed by atoms with van der Waals surface area (Å²) in [6.45, 7) is 1.41. The second-order valence-electron chi connectivity index (χ2n) is 9.07. The number of nitrogens with zero attached hydrogens (tertiary/aromatic N) is 2. The first-order valence-corrected chi connectivity index (χ1v) is 14.2. The Morgan fingerprint density at radius 3 is 2.00 bits per heavy atom. The number of hydrogen-bond donors (Lipinski definition) is 0. The van der Waals surface area contributed by atoms with Gasteiger partial charge in [-0.05, 0) is 41.6 Å². The van der Waals surface area contributed by atoms with Gasteiger partial charge in [0.25, 0.3) is 0 Å². The normalized spacial score (nSPS) is 12.0. The first kappa shape index (κ1) is 24.6. The first-order valence-electron chi connectivity index (χ1n) is 12.4. The summed E-state index contributed by atoms with van der Waals surface area (Å²) in [5, 5.41) is 6.18. The van der Waals surface area contributed by atoms with Gasteiger partial charge in [0.05, 0.1) is 33.8 Å². The Labute approximate surface area is 230 Å². The molecule has 0 saturated heterocycles. The van der Waals surface area contributed by atoms with Crippen molar-refractivity contribution in [3.05, 3.63) is 112 Å². The van der Waals surface area contributed by atoms with Crippen LogP contribution in [0.25, 0.3) is 22.2 Å². The van der Waals surface area contributed by atoms with Crippen LogP contribution in [0.4, 0.5) is 0 Å². The van der Waals surface area contributed by atoms with Gasteiger partial charge >= 0.3 is 0 Å². The summed E-state index contributed by atoms with van der Waals surface area (Å²) < 4.78 is 14.5. The quantitative estimate of drug-likeness (QED) is 0.191. The molecule has 1 aromatic heterocycles. The number of aromatic nitrogens is 2. The number of carbonyl (C=O) groups excluding carboxylic acids is 1. The summed E-state index contributed by atoms with van der Waals surface area (Å²) in [6.07, 6.45) is 2.07. The van der Waals surface area contributed by atoms with Crippen molar-refractivity contribution in [2.24, 2.45) is 0 Å². The molecule has 0 aliphatic heterocycles. The number of carbonyl (C=O) groups is 1. The summed E-state index contributed by atoms with van der Waals surface area (Å²) in [5.41, 5.74) is 5.18. The number of ketones is 1. The maximum absolute atomic E-state index is 14.1. The molecule has 0 bridgehead atoms. The van der Waals surface area contributed by atoms with Crippen molar-refractivity contribution in [3.8, 4) is 22.8 Å². The van der Waals surface area contributed by atoms with Crippen molar-refractivity contribution in [2.45, 2.75) is 19.8 Å². The lowest BCUT2D eigenvalue weighted by atomic mass is 9.86. The lowest BCUT2D eigenvalue weighted by Crippen LogP contribution is -2.14. The molecule has 0 amide bonds. The van der Waals surface area contributed by atoms with E-state index in [-0.39, 0.29) is 5.78 Å². The van der Waals surface area contributed by atoms with E-state index in [0.29, 0.717) is 58.7 Å². The average molecular weight is 541 g/mol. The standard InChI is InChI=1S/C31H25ClN2O3S/c1-38-17-16-34-23-13-12-22(32)26-27(23)30(33-34)28-24(36-18-20-8-4-2-5-9-20)14-15-25(29(28)31(26)35)37-19-21-10-6-3-7-11-21/h2-15H,16-19H2,1H3. The summed E-state index contributed by atoms with van der Waals surface area (Å²) >= 11 is 8.40. The zero-order valence-electron chi connectivity index (χ0n) is 20.8. The Kier molecular flexibility index (Phi) is 6.83. The number of ether oxygens (including phenoxy) is 2. The van der Waals surface area contributed by atoms with E-state index in [4.69, 9.17) is 26.2 Å². The van der Waals surface area contributed by atoms with Gasteiger partial charge in [-0.15, -0.1) is 0 Å². The number of hydrogen-bond acceptors (Lipinski definition) is 5. The molecule has 38 heavy (non-hydrogen) atoms. The SMILES string of the molecule is CSCCn1nc2c3c(c(Cl)ccc31)C(=O)c1c(OCc3ccccc3)ccc(OCc3ccccc3)c1-2. The van der Waals surface area contributed by atoms with Gasteiger partial charge < -0.3 is 9.47 Å². The smallest absolute Gasteiger partial charge is 0.199 e. The zero-order valence-corrected chi connectivity index (χ0v) is 22.4. The minimum absolute atomic E-state index is 0.180. The molecule has 6 rings (SSSR count). The van der Waals surface area contributed by atoms with Crippen LogP contribution in [0.2, 0.25) is 5.02 Å². The molecule has 1 aliphatic carbocycles. The zero-order chi connectivity index (χ0) is 26.1. The van der Waals surface area contributed by atoms with E-state index in [1.54, 1.807) is 17.8 Å². The maximum atomic E-state index is 14.1. The number of halogens is 1. The molecule has 4 aromatic carbocycles. The second kappa shape index (κ2) is 10.6. The molecule has 0 atom stereocenters. The predicted molar refractivity (Wildman–Crippen MR) is 154 cm³/mol. The van der Waals surface area contributed by atoms with Crippen molar-refractivity contribution < 1.29 is 14.3 Å². The molecule has 7 heteroatoms. The van der Waals surface area contributed by atoms with Gasteiger partial charge in [-0.1, -0.05) is 72.3 Å². The molecule has 190 valence electrons. The van der Waals surface area contributed by atoms with E-state index in [2.05, 4.69) is 6.26 Å². The molecule has 1 aliphatic rings. The molecule has 0 fully saturated rings. The monoisotopic (exact) mass is 540 g/mol. The third-order valence-corrected chi connectivity index (χ3v) is 7.58. The molecule has 0 spiro atoms. The van der Waals surface area contributed by atoms with E-state index in [9.17, 15) is 4.79 Å².